The topological polar surface area (TPSA) is 12.0 Å². The first-order valence-corrected chi connectivity index (χ1v) is 7.43. The Hall–Kier alpha value is -0.530. The van der Waals surface area contributed by atoms with Gasteiger partial charge in [0.2, 0.25) is 0 Å². The normalized spacial score (nSPS) is 30.1. The monoisotopic (exact) mass is 265 g/mol. The third-order valence-corrected chi connectivity index (χ3v) is 5.01. The Kier molecular flexibility index (Phi) is 4.69. The lowest BCUT2D eigenvalue weighted by Gasteiger charge is -2.37. The van der Waals surface area contributed by atoms with E-state index in [2.05, 4.69) is 38.3 Å². The molecule has 1 aromatic carbocycles. The Bertz CT molecular complexity index is 390. The number of hydrogen-bond acceptors (Lipinski definition) is 1. The van der Waals surface area contributed by atoms with Crippen molar-refractivity contribution in [2.75, 3.05) is 7.05 Å². The van der Waals surface area contributed by atoms with Crippen molar-refractivity contribution < 1.29 is 0 Å². The smallest absolute Gasteiger partial charge is 0.0453 e. The molecule has 1 aliphatic rings. The van der Waals surface area contributed by atoms with Crippen LogP contribution in [-0.2, 0) is 0 Å². The highest BCUT2D eigenvalue weighted by Gasteiger charge is 2.30. The van der Waals surface area contributed by atoms with Crippen LogP contribution in [0.1, 0.15) is 44.7 Å². The molecule has 100 valence electrons. The van der Waals surface area contributed by atoms with Gasteiger partial charge in [-0.25, -0.2) is 0 Å². The van der Waals surface area contributed by atoms with E-state index in [1.807, 2.05) is 12.1 Å². The van der Waals surface area contributed by atoms with Gasteiger partial charge in [0.05, 0.1) is 0 Å². The molecule has 1 aliphatic carbocycles. The standard InChI is InChI=1S/C16H24ClN/c1-11-8-9-13(10-12(11)2)16(18-3)14-6-4-5-7-15(14)17/h4-7,11-13,16,18H,8-10H2,1-3H3. The minimum Gasteiger partial charge on any atom is -0.313 e. The molecule has 0 saturated heterocycles. The number of halogens is 1. The maximum Gasteiger partial charge on any atom is 0.0453 e. The maximum absolute atomic E-state index is 6.34. The molecule has 18 heavy (non-hydrogen) atoms. The van der Waals surface area contributed by atoms with Crippen molar-refractivity contribution in [1.29, 1.82) is 0 Å². The van der Waals surface area contributed by atoms with Gasteiger partial charge in [-0.15, -0.1) is 0 Å². The van der Waals surface area contributed by atoms with Gasteiger partial charge in [0.1, 0.15) is 0 Å². The largest absolute Gasteiger partial charge is 0.313 e. The second-order valence-corrected chi connectivity index (χ2v) is 6.22. The van der Waals surface area contributed by atoms with Crippen LogP contribution in [0.25, 0.3) is 0 Å². The van der Waals surface area contributed by atoms with Gasteiger partial charge in [-0.3, -0.25) is 0 Å². The molecular formula is C16H24ClN. The number of rotatable bonds is 3. The molecule has 4 atom stereocenters. The molecular weight excluding hydrogens is 242 g/mol. The van der Waals surface area contributed by atoms with Crippen LogP contribution in [-0.4, -0.2) is 7.05 Å². The van der Waals surface area contributed by atoms with Crippen LogP contribution in [0.3, 0.4) is 0 Å². The van der Waals surface area contributed by atoms with Crippen molar-refractivity contribution in [3.63, 3.8) is 0 Å². The Morgan fingerprint density at radius 3 is 2.50 bits per heavy atom. The van der Waals surface area contributed by atoms with E-state index in [9.17, 15) is 0 Å². The molecule has 0 aliphatic heterocycles. The molecule has 0 heterocycles. The maximum atomic E-state index is 6.34. The van der Waals surface area contributed by atoms with Gasteiger partial charge in [-0.05, 0) is 49.3 Å². The molecule has 2 rings (SSSR count). The van der Waals surface area contributed by atoms with Crippen LogP contribution >= 0.6 is 11.6 Å². The Morgan fingerprint density at radius 1 is 1.17 bits per heavy atom. The van der Waals surface area contributed by atoms with Crippen molar-refractivity contribution in [2.24, 2.45) is 17.8 Å². The third kappa shape index (κ3) is 2.89. The molecule has 0 aromatic heterocycles. The predicted molar refractivity (Wildman–Crippen MR) is 78.9 cm³/mol. The van der Waals surface area contributed by atoms with E-state index in [4.69, 9.17) is 11.6 Å². The summed E-state index contributed by atoms with van der Waals surface area (Å²) in [6, 6.07) is 8.64. The number of hydrogen-bond donors (Lipinski definition) is 1. The molecule has 4 unspecified atom stereocenters. The molecule has 1 nitrogen and oxygen atoms in total. The first kappa shape index (κ1) is 13.9. The van der Waals surface area contributed by atoms with Crippen molar-refractivity contribution in [3.8, 4) is 0 Å². The van der Waals surface area contributed by atoms with Crippen LogP contribution in [0, 0.1) is 17.8 Å². The van der Waals surface area contributed by atoms with Gasteiger partial charge >= 0.3 is 0 Å². The number of benzene rings is 1. The predicted octanol–water partition coefficient (Wildman–Crippen LogP) is 4.67. The Morgan fingerprint density at radius 2 is 1.89 bits per heavy atom. The average molecular weight is 266 g/mol. The fraction of sp³-hybridized carbons (Fsp3) is 0.625. The summed E-state index contributed by atoms with van der Waals surface area (Å²) < 4.78 is 0. The summed E-state index contributed by atoms with van der Waals surface area (Å²) >= 11 is 6.34. The van der Waals surface area contributed by atoms with Crippen LogP contribution in [0.5, 0.6) is 0 Å². The summed E-state index contributed by atoms with van der Waals surface area (Å²) in [6.07, 6.45) is 3.95. The van der Waals surface area contributed by atoms with E-state index < -0.39 is 0 Å². The first-order valence-electron chi connectivity index (χ1n) is 7.05. The van der Waals surface area contributed by atoms with E-state index in [1.165, 1.54) is 24.8 Å². The van der Waals surface area contributed by atoms with Crippen molar-refractivity contribution in [3.05, 3.63) is 34.9 Å². The van der Waals surface area contributed by atoms with Crippen LogP contribution in [0.15, 0.2) is 24.3 Å². The second kappa shape index (κ2) is 6.08. The highest BCUT2D eigenvalue weighted by Crippen LogP contribution is 2.41. The lowest BCUT2D eigenvalue weighted by molar-refractivity contribution is 0.175. The van der Waals surface area contributed by atoms with E-state index in [0.717, 1.165) is 16.9 Å². The molecule has 0 amide bonds. The summed E-state index contributed by atoms with van der Waals surface area (Å²) in [5.41, 5.74) is 1.26. The third-order valence-electron chi connectivity index (χ3n) is 4.66. The number of nitrogens with one attached hydrogen (secondary N) is 1. The zero-order chi connectivity index (χ0) is 13.1. The van der Waals surface area contributed by atoms with Gasteiger partial charge in [-0.2, -0.15) is 0 Å². The van der Waals surface area contributed by atoms with Crippen LogP contribution in [0.2, 0.25) is 5.02 Å². The highest BCUT2D eigenvalue weighted by atomic mass is 35.5. The van der Waals surface area contributed by atoms with E-state index in [0.29, 0.717) is 12.0 Å². The van der Waals surface area contributed by atoms with E-state index >= 15 is 0 Å². The molecule has 1 N–H and O–H groups in total. The summed E-state index contributed by atoms with van der Waals surface area (Å²) in [7, 11) is 2.05. The summed E-state index contributed by atoms with van der Waals surface area (Å²) in [5.74, 6) is 2.40. The zero-order valence-electron chi connectivity index (χ0n) is 11.6. The minimum atomic E-state index is 0.397. The summed E-state index contributed by atoms with van der Waals surface area (Å²) in [6.45, 7) is 4.76. The van der Waals surface area contributed by atoms with Gasteiger partial charge in [0.25, 0.3) is 0 Å². The fourth-order valence-electron chi connectivity index (χ4n) is 3.26. The zero-order valence-corrected chi connectivity index (χ0v) is 12.4. The molecule has 1 saturated carbocycles. The quantitative estimate of drug-likeness (QED) is 0.837. The van der Waals surface area contributed by atoms with Crippen molar-refractivity contribution in [2.45, 2.75) is 39.2 Å². The molecule has 0 radical (unpaired) electrons. The van der Waals surface area contributed by atoms with E-state index in [1.54, 1.807) is 0 Å². The van der Waals surface area contributed by atoms with Crippen molar-refractivity contribution >= 4 is 11.6 Å². The Balaban J connectivity index is 2.17. The van der Waals surface area contributed by atoms with Gasteiger partial charge in [-0.1, -0.05) is 50.1 Å². The van der Waals surface area contributed by atoms with Gasteiger partial charge in [0.15, 0.2) is 0 Å². The van der Waals surface area contributed by atoms with Crippen LogP contribution in [0.4, 0.5) is 0 Å². The lowest BCUT2D eigenvalue weighted by Crippen LogP contribution is -2.31. The SMILES string of the molecule is CNC(c1ccccc1Cl)C1CCC(C)C(C)C1. The molecule has 0 bridgehead atoms. The first-order chi connectivity index (χ1) is 8.63. The Labute approximate surface area is 116 Å². The van der Waals surface area contributed by atoms with E-state index in [-0.39, 0.29) is 0 Å². The highest BCUT2D eigenvalue weighted by molar-refractivity contribution is 6.31. The lowest BCUT2D eigenvalue weighted by atomic mass is 9.72. The molecule has 1 aromatic rings. The van der Waals surface area contributed by atoms with Gasteiger partial charge < -0.3 is 5.32 Å². The minimum absolute atomic E-state index is 0.397. The summed E-state index contributed by atoms with van der Waals surface area (Å²) in [5, 5.41) is 4.37. The van der Waals surface area contributed by atoms with Crippen molar-refractivity contribution in [1.82, 2.24) is 5.32 Å². The second-order valence-electron chi connectivity index (χ2n) is 5.82. The van der Waals surface area contributed by atoms with Gasteiger partial charge in [0, 0.05) is 11.1 Å². The molecule has 0 spiro atoms. The van der Waals surface area contributed by atoms with Crippen LogP contribution < -0.4 is 5.32 Å². The molecule has 1 fully saturated rings. The average Bonchev–Trinajstić information content (AvgIpc) is 2.37. The molecule has 2 heteroatoms. The summed E-state index contributed by atoms with van der Waals surface area (Å²) in [4.78, 5) is 0. The fourth-order valence-corrected chi connectivity index (χ4v) is 3.52.